The molecular formula is C19H20N2O3. The number of carbonyl (C=O) groups excluding carboxylic acids is 2. The largest absolute Gasteiger partial charge is 0.457 e. The van der Waals surface area contributed by atoms with Crippen molar-refractivity contribution in [3.05, 3.63) is 60.7 Å². The van der Waals surface area contributed by atoms with Crippen LogP contribution in [0.5, 0.6) is 11.5 Å². The number of carbonyl (C=O) groups is 2. The summed E-state index contributed by atoms with van der Waals surface area (Å²) in [6.07, 6.45) is 2.20. The van der Waals surface area contributed by atoms with E-state index in [0.717, 1.165) is 5.56 Å². The second-order valence-corrected chi connectivity index (χ2v) is 5.24. The summed E-state index contributed by atoms with van der Waals surface area (Å²) in [5.41, 5.74) is 1.79. The van der Waals surface area contributed by atoms with E-state index in [2.05, 4.69) is 17.2 Å². The molecule has 2 aromatic carbocycles. The van der Waals surface area contributed by atoms with Gasteiger partial charge in [0.1, 0.15) is 11.5 Å². The SMILES string of the molecule is C=CCc1c(Oc2ccccc2)ccc(NC(C)=O)c1NC(C)=O. The summed E-state index contributed by atoms with van der Waals surface area (Å²) in [7, 11) is 0. The van der Waals surface area contributed by atoms with Gasteiger partial charge >= 0.3 is 0 Å². The van der Waals surface area contributed by atoms with Crippen LogP contribution in [-0.2, 0) is 16.0 Å². The molecule has 2 N–H and O–H groups in total. The quantitative estimate of drug-likeness (QED) is 0.785. The van der Waals surface area contributed by atoms with Crippen LogP contribution in [0.25, 0.3) is 0 Å². The van der Waals surface area contributed by atoms with Crippen molar-refractivity contribution in [2.24, 2.45) is 0 Å². The molecule has 0 heterocycles. The van der Waals surface area contributed by atoms with E-state index < -0.39 is 0 Å². The zero-order valence-electron chi connectivity index (χ0n) is 13.8. The summed E-state index contributed by atoms with van der Waals surface area (Å²) >= 11 is 0. The van der Waals surface area contributed by atoms with Crippen LogP contribution in [0, 0.1) is 0 Å². The van der Waals surface area contributed by atoms with Crippen LogP contribution >= 0.6 is 0 Å². The maximum atomic E-state index is 11.6. The molecule has 24 heavy (non-hydrogen) atoms. The van der Waals surface area contributed by atoms with Gasteiger partial charge in [-0.3, -0.25) is 9.59 Å². The topological polar surface area (TPSA) is 67.4 Å². The van der Waals surface area contributed by atoms with Crippen LogP contribution in [0.15, 0.2) is 55.1 Å². The van der Waals surface area contributed by atoms with Crippen LogP contribution in [-0.4, -0.2) is 11.8 Å². The van der Waals surface area contributed by atoms with Crippen molar-refractivity contribution in [2.75, 3.05) is 10.6 Å². The van der Waals surface area contributed by atoms with Gasteiger partial charge in [0.2, 0.25) is 11.8 Å². The van der Waals surface area contributed by atoms with Crippen molar-refractivity contribution in [1.82, 2.24) is 0 Å². The Morgan fingerprint density at radius 1 is 1.04 bits per heavy atom. The van der Waals surface area contributed by atoms with Gasteiger partial charge < -0.3 is 15.4 Å². The van der Waals surface area contributed by atoms with Crippen LogP contribution in [0.1, 0.15) is 19.4 Å². The molecule has 0 aliphatic carbocycles. The monoisotopic (exact) mass is 324 g/mol. The van der Waals surface area contributed by atoms with Crippen molar-refractivity contribution >= 4 is 23.2 Å². The van der Waals surface area contributed by atoms with Gasteiger partial charge in [0, 0.05) is 19.4 Å². The molecule has 2 rings (SSSR count). The molecule has 0 radical (unpaired) electrons. The first-order chi connectivity index (χ1) is 11.5. The summed E-state index contributed by atoms with van der Waals surface area (Å²) in [5, 5.41) is 5.50. The first-order valence-electron chi connectivity index (χ1n) is 7.56. The Bertz CT molecular complexity index is 755. The summed E-state index contributed by atoms with van der Waals surface area (Å²) < 4.78 is 5.93. The lowest BCUT2D eigenvalue weighted by atomic mass is 10.1. The lowest BCUT2D eigenvalue weighted by Crippen LogP contribution is -2.14. The molecule has 0 aliphatic rings. The second-order valence-electron chi connectivity index (χ2n) is 5.24. The van der Waals surface area contributed by atoms with Crippen LogP contribution in [0.3, 0.4) is 0 Å². The molecule has 124 valence electrons. The highest BCUT2D eigenvalue weighted by molar-refractivity contribution is 5.99. The third-order valence-electron chi connectivity index (χ3n) is 3.20. The van der Waals surface area contributed by atoms with Crippen molar-refractivity contribution in [2.45, 2.75) is 20.3 Å². The first-order valence-corrected chi connectivity index (χ1v) is 7.56. The van der Waals surface area contributed by atoms with Crippen LogP contribution in [0.4, 0.5) is 11.4 Å². The molecule has 0 aromatic heterocycles. The third-order valence-corrected chi connectivity index (χ3v) is 3.20. The number of benzene rings is 2. The molecular weight excluding hydrogens is 304 g/mol. The Kier molecular flexibility index (Phi) is 5.73. The third kappa shape index (κ3) is 4.46. The van der Waals surface area contributed by atoms with E-state index in [1.165, 1.54) is 13.8 Å². The fourth-order valence-corrected chi connectivity index (χ4v) is 2.30. The average molecular weight is 324 g/mol. The van der Waals surface area contributed by atoms with E-state index in [1.54, 1.807) is 18.2 Å². The van der Waals surface area contributed by atoms with Gasteiger partial charge in [0.15, 0.2) is 0 Å². The summed E-state index contributed by atoms with van der Waals surface area (Å²) in [5.74, 6) is 0.828. The van der Waals surface area contributed by atoms with Gasteiger partial charge in [-0.25, -0.2) is 0 Å². The van der Waals surface area contributed by atoms with Crippen molar-refractivity contribution in [3.8, 4) is 11.5 Å². The zero-order chi connectivity index (χ0) is 17.5. The molecule has 5 heteroatoms. The number of rotatable bonds is 6. The van der Waals surface area contributed by atoms with Crippen molar-refractivity contribution < 1.29 is 14.3 Å². The fraction of sp³-hybridized carbons (Fsp3) is 0.158. The molecule has 0 aliphatic heterocycles. The lowest BCUT2D eigenvalue weighted by molar-refractivity contribution is -0.115. The van der Waals surface area contributed by atoms with E-state index >= 15 is 0 Å². The van der Waals surface area contributed by atoms with Gasteiger partial charge in [-0.05, 0) is 30.7 Å². The van der Waals surface area contributed by atoms with Crippen molar-refractivity contribution in [1.29, 1.82) is 0 Å². The number of para-hydroxylation sites is 1. The van der Waals surface area contributed by atoms with Crippen molar-refractivity contribution in [3.63, 3.8) is 0 Å². The number of nitrogens with one attached hydrogen (secondary N) is 2. The lowest BCUT2D eigenvalue weighted by Gasteiger charge is -2.18. The predicted octanol–water partition coefficient (Wildman–Crippen LogP) is 4.12. The Balaban J connectivity index is 2.51. The normalized spacial score (nSPS) is 9.92. The highest BCUT2D eigenvalue weighted by Crippen LogP contribution is 2.37. The summed E-state index contributed by atoms with van der Waals surface area (Å²) in [4.78, 5) is 23.0. The molecule has 2 aromatic rings. The minimum absolute atomic E-state index is 0.220. The Morgan fingerprint density at radius 3 is 2.29 bits per heavy atom. The molecule has 0 saturated heterocycles. The highest BCUT2D eigenvalue weighted by atomic mass is 16.5. The average Bonchev–Trinajstić information content (AvgIpc) is 2.53. The Hall–Kier alpha value is -3.08. The smallest absolute Gasteiger partial charge is 0.221 e. The maximum absolute atomic E-state index is 11.6. The zero-order valence-corrected chi connectivity index (χ0v) is 13.8. The minimum atomic E-state index is -0.233. The maximum Gasteiger partial charge on any atom is 0.221 e. The van der Waals surface area contributed by atoms with Gasteiger partial charge in [-0.15, -0.1) is 6.58 Å². The van der Waals surface area contributed by atoms with E-state index in [-0.39, 0.29) is 11.8 Å². The fourth-order valence-electron chi connectivity index (χ4n) is 2.30. The highest BCUT2D eigenvalue weighted by Gasteiger charge is 2.16. The summed E-state index contributed by atoms with van der Waals surface area (Å²) in [6.45, 7) is 6.59. The number of ether oxygens (including phenoxy) is 1. The Morgan fingerprint density at radius 2 is 1.71 bits per heavy atom. The molecule has 0 spiro atoms. The molecule has 2 amide bonds. The molecule has 0 fully saturated rings. The molecule has 0 unspecified atom stereocenters. The van der Waals surface area contributed by atoms with E-state index in [1.807, 2.05) is 30.3 Å². The van der Waals surface area contributed by atoms with E-state index in [4.69, 9.17) is 4.74 Å². The summed E-state index contributed by atoms with van der Waals surface area (Å²) in [6, 6.07) is 12.8. The molecule has 0 atom stereocenters. The van der Waals surface area contributed by atoms with Crippen LogP contribution < -0.4 is 15.4 Å². The van der Waals surface area contributed by atoms with Gasteiger partial charge in [0.05, 0.1) is 11.4 Å². The van der Waals surface area contributed by atoms with Gasteiger partial charge in [0.25, 0.3) is 0 Å². The van der Waals surface area contributed by atoms with E-state index in [9.17, 15) is 9.59 Å². The van der Waals surface area contributed by atoms with Crippen LogP contribution in [0.2, 0.25) is 0 Å². The first kappa shape index (κ1) is 17.3. The van der Waals surface area contributed by atoms with E-state index in [0.29, 0.717) is 29.3 Å². The second kappa shape index (κ2) is 7.97. The number of hydrogen-bond acceptors (Lipinski definition) is 3. The molecule has 0 saturated carbocycles. The minimum Gasteiger partial charge on any atom is -0.457 e. The number of anilines is 2. The molecule has 0 bridgehead atoms. The van der Waals surface area contributed by atoms with Gasteiger partial charge in [-0.1, -0.05) is 24.3 Å². The molecule has 5 nitrogen and oxygen atoms in total. The predicted molar refractivity (Wildman–Crippen MR) is 95.5 cm³/mol. The number of amides is 2. The Labute approximate surface area is 141 Å². The van der Waals surface area contributed by atoms with Gasteiger partial charge in [-0.2, -0.15) is 0 Å². The standard InChI is InChI=1S/C19H20N2O3/c1-4-8-16-18(24-15-9-6-5-7-10-15)12-11-17(20-13(2)22)19(16)21-14(3)23/h4-7,9-12H,1,8H2,2-3H3,(H,20,22)(H,21,23). The number of hydrogen-bond donors (Lipinski definition) is 2. The number of allylic oxidation sites excluding steroid dienone is 1.